The summed E-state index contributed by atoms with van der Waals surface area (Å²) in [7, 11) is 3.29. The first-order valence-corrected chi connectivity index (χ1v) is 12.7. The molecule has 0 radical (unpaired) electrons. The van der Waals surface area contributed by atoms with E-state index in [1.54, 1.807) is 25.6 Å². The molecule has 1 fully saturated rings. The Labute approximate surface area is 209 Å². The van der Waals surface area contributed by atoms with Gasteiger partial charge in [-0.25, -0.2) is 0 Å². The molecule has 0 N–H and O–H groups in total. The van der Waals surface area contributed by atoms with Crippen molar-refractivity contribution < 1.29 is 23.7 Å². The van der Waals surface area contributed by atoms with Crippen LogP contribution in [-0.2, 0) is 11.2 Å². The van der Waals surface area contributed by atoms with Gasteiger partial charge >= 0.3 is 0 Å². The Morgan fingerprint density at radius 3 is 2.49 bits per heavy atom. The van der Waals surface area contributed by atoms with Crippen molar-refractivity contribution in [3.8, 4) is 27.7 Å². The predicted molar refractivity (Wildman–Crippen MR) is 137 cm³/mol. The van der Waals surface area contributed by atoms with Crippen molar-refractivity contribution in [3.63, 3.8) is 0 Å². The molecule has 2 aliphatic rings. The van der Waals surface area contributed by atoms with Gasteiger partial charge in [0.05, 0.1) is 32.3 Å². The lowest BCUT2D eigenvalue weighted by Crippen LogP contribution is -2.38. The highest BCUT2D eigenvalue weighted by atomic mass is 32.1. The molecule has 1 saturated heterocycles. The number of carbonyl (C=O) groups is 1. The largest absolute Gasteiger partial charge is 0.497 e. The van der Waals surface area contributed by atoms with Crippen LogP contribution in [0, 0.1) is 0 Å². The number of hydrogen-bond acceptors (Lipinski definition) is 7. The molecule has 1 amide bonds. The lowest BCUT2D eigenvalue weighted by atomic mass is 10.1. The van der Waals surface area contributed by atoms with Crippen molar-refractivity contribution in [2.45, 2.75) is 6.42 Å². The number of nitrogens with zero attached hydrogens (tertiary/aromatic N) is 2. The number of morpholine rings is 1. The Hall–Kier alpha value is -3.07. The molecule has 8 heteroatoms. The summed E-state index contributed by atoms with van der Waals surface area (Å²) in [5.74, 6) is 2.17. The highest BCUT2D eigenvalue weighted by molar-refractivity contribution is 7.17. The number of amides is 1. The third-order valence-corrected chi connectivity index (χ3v) is 7.67. The monoisotopic (exact) mass is 494 g/mol. The van der Waals surface area contributed by atoms with Gasteiger partial charge in [-0.15, -0.1) is 11.3 Å². The molecule has 7 nitrogen and oxygen atoms in total. The van der Waals surface area contributed by atoms with Crippen molar-refractivity contribution in [1.82, 2.24) is 4.90 Å². The van der Waals surface area contributed by atoms with E-state index in [-0.39, 0.29) is 5.91 Å². The van der Waals surface area contributed by atoms with E-state index in [2.05, 4.69) is 11.0 Å². The van der Waals surface area contributed by atoms with Crippen molar-refractivity contribution in [2.75, 3.05) is 65.1 Å². The summed E-state index contributed by atoms with van der Waals surface area (Å²) in [5, 5.41) is 0. The molecule has 1 aromatic heterocycles. The van der Waals surface area contributed by atoms with Crippen LogP contribution < -0.4 is 19.1 Å². The second-order valence-corrected chi connectivity index (χ2v) is 9.59. The summed E-state index contributed by atoms with van der Waals surface area (Å²) >= 11 is 1.54. The lowest BCUT2D eigenvalue weighted by Gasteiger charge is -2.28. The van der Waals surface area contributed by atoms with E-state index >= 15 is 0 Å². The van der Waals surface area contributed by atoms with Crippen molar-refractivity contribution in [2.24, 2.45) is 0 Å². The van der Waals surface area contributed by atoms with Crippen LogP contribution in [0.25, 0.3) is 10.4 Å². The fraction of sp³-hybridized carbons (Fsp3) is 0.370. The summed E-state index contributed by atoms with van der Waals surface area (Å²) < 4.78 is 22.3. The first-order chi connectivity index (χ1) is 17.2. The number of thiophene rings is 1. The van der Waals surface area contributed by atoms with E-state index in [4.69, 9.17) is 18.9 Å². The van der Waals surface area contributed by atoms with Crippen LogP contribution in [0.2, 0.25) is 0 Å². The SMILES string of the molecule is COc1ccc(-c2cc3c(s2)C(=O)N(c2ccc(OCCN4CCOCC4)c(OC)c2)CC3)cc1. The van der Waals surface area contributed by atoms with Crippen LogP contribution in [-0.4, -0.2) is 71.0 Å². The molecular formula is C27H30N2O5S. The van der Waals surface area contributed by atoms with Crippen LogP contribution in [0.5, 0.6) is 17.2 Å². The van der Waals surface area contributed by atoms with Gasteiger partial charge in [-0.3, -0.25) is 9.69 Å². The molecule has 2 aliphatic heterocycles. The van der Waals surface area contributed by atoms with E-state index in [0.717, 1.165) is 71.6 Å². The number of hydrogen-bond donors (Lipinski definition) is 0. The van der Waals surface area contributed by atoms with E-state index < -0.39 is 0 Å². The van der Waals surface area contributed by atoms with Crippen LogP contribution >= 0.6 is 11.3 Å². The third kappa shape index (κ3) is 5.15. The molecule has 0 atom stereocenters. The Morgan fingerprint density at radius 2 is 1.74 bits per heavy atom. The molecule has 0 bridgehead atoms. The zero-order valence-electron chi connectivity index (χ0n) is 20.1. The number of rotatable bonds is 8. The number of anilines is 1. The topological polar surface area (TPSA) is 60.5 Å². The summed E-state index contributed by atoms with van der Waals surface area (Å²) in [6.45, 7) is 5.46. The molecule has 0 saturated carbocycles. The maximum absolute atomic E-state index is 13.4. The zero-order chi connectivity index (χ0) is 24.2. The fourth-order valence-corrected chi connectivity index (χ4v) is 5.61. The average Bonchev–Trinajstić information content (AvgIpc) is 3.35. The molecule has 2 aromatic carbocycles. The van der Waals surface area contributed by atoms with Crippen LogP contribution in [0.1, 0.15) is 15.2 Å². The number of ether oxygens (including phenoxy) is 4. The molecule has 5 rings (SSSR count). The van der Waals surface area contributed by atoms with Gasteiger partial charge in [-0.05, 0) is 60.0 Å². The van der Waals surface area contributed by atoms with Crippen LogP contribution in [0.3, 0.4) is 0 Å². The van der Waals surface area contributed by atoms with Gasteiger partial charge in [0.15, 0.2) is 11.5 Å². The summed E-state index contributed by atoms with van der Waals surface area (Å²) in [6.07, 6.45) is 0.813. The third-order valence-electron chi connectivity index (χ3n) is 6.46. The van der Waals surface area contributed by atoms with Gasteiger partial charge in [-0.1, -0.05) is 0 Å². The molecule has 3 aromatic rings. The van der Waals surface area contributed by atoms with Gasteiger partial charge in [-0.2, -0.15) is 0 Å². The van der Waals surface area contributed by atoms with Crippen molar-refractivity contribution in [1.29, 1.82) is 0 Å². The molecule has 0 spiro atoms. The zero-order valence-corrected chi connectivity index (χ0v) is 20.9. The minimum atomic E-state index is 0.0269. The first-order valence-electron chi connectivity index (χ1n) is 11.9. The minimum Gasteiger partial charge on any atom is -0.497 e. The summed E-state index contributed by atoms with van der Waals surface area (Å²) in [4.78, 5) is 19.5. The molecule has 0 aliphatic carbocycles. The van der Waals surface area contributed by atoms with Gasteiger partial charge in [0, 0.05) is 42.8 Å². The lowest BCUT2D eigenvalue weighted by molar-refractivity contribution is 0.0321. The number of benzene rings is 2. The van der Waals surface area contributed by atoms with E-state index in [9.17, 15) is 4.79 Å². The average molecular weight is 495 g/mol. The molecular weight excluding hydrogens is 464 g/mol. The standard InChI is InChI=1S/C27H30N2O5S/c1-31-22-6-3-19(4-7-22)25-17-20-9-10-29(27(30)26(20)35-25)21-5-8-23(24(18-21)32-2)34-16-13-28-11-14-33-15-12-28/h3-8,17-18H,9-16H2,1-2H3. The fourth-order valence-electron chi connectivity index (χ4n) is 4.45. The van der Waals surface area contributed by atoms with E-state index in [0.29, 0.717) is 24.7 Å². The van der Waals surface area contributed by atoms with Crippen LogP contribution in [0.4, 0.5) is 5.69 Å². The number of carbonyl (C=O) groups excluding carboxylic acids is 1. The highest BCUT2D eigenvalue weighted by Crippen LogP contribution is 2.38. The second-order valence-electron chi connectivity index (χ2n) is 8.54. The predicted octanol–water partition coefficient (Wildman–Crippen LogP) is 4.35. The van der Waals surface area contributed by atoms with Gasteiger partial charge in [0.2, 0.25) is 0 Å². The van der Waals surface area contributed by atoms with Gasteiger partial charge in [0.25, 0.3) is 5.91 Å². The first kappa shape index (κ1) is 23.7. The summed E-state index contributed by atoms with van der Waals surface area (Å²) in [6, 6.07) is 15.8. The Balaban J connectivity index is 1.29. The second kappa shape index (κ2) is 10.7. The van der Waals surface area contributed by atoms with E-state index in [1.165, 1.54) is 0 Å². The quantitative estimate of drug-likeness (QED) is 0.464. The Morgan fingerprint density at radius 1 is 0.943 bits per heavy atom. The maximum Gasteiger partial charge on any atom is 0.268 e. The molecule has 0 unspecified atom stereocenters. The Kier molecular flexibility index (Phi) is 7.22. The van der Waals surface area contributed by atoms with Crippen molar-refractivity contribution in [3.05, 3.63) is 59.0 Å². The van der Waals surface area contributed by atoms with E-state index in [1.807, 2.05) is 47.4 Å². The van der Waals surface area contributed by atoms with Gasteiger partial charge < -0.3 is 23.8 Å². The smallest absolute Gasteiger partial charge is 0.268 e. The highest BCUT2D eigenvalue weighted by Gasteiger charge is 2.29. The normalized spacial score (nSPS) is 16.2. The van der Waals surface area contributed by atoms with Crippen LogP contribution in [0.15, 0.2) is 48.5 Å². The van der Waals surface area contributed by atoms with Crippen molar-refractivity contribution >= 4 is 22.9 Å². The molecule has 3 heterocycles. The Bertz CT molecular complexity index is 1170. The molecule has 184 valence electrons. The summed E-state index contributed by atoms with van der Waals surface area (Å²) in [5.41, 5.74) is 3.01. The number of methoxy groups -OCH3 is 2. The number of fused-ring (bicyclic) bond motifs is 1. The minimum absolute atomic E-state index is 0.0269. The van der Waals surface area contributed by atoms with Gasteiger partial charge in [0.1, 0.15) is 12.4 Å². The molecule has 35 heavy (non-hydrogen) atoms. The maximum atomic E-state index is 13.4.